The maximum absolute atomic E-state index is 13.8. The first kappa shape index (κ1) is 22.6. The van der Waals surface area contributed by atoms with Crippen LogP contribution in [0.15, 0.2) is 53.5 Å². The molecule has 1 heterocycles. The summed E-state index contributed by atoms with van der Waals surface area (Å²) in [7, 11) is 1.71. The van der Waals surface area contributed by atoms with E-state index < -0.39 is 0 Å². The van der Waals surface area contributed by atoms with E-state index in [-0.39, 0.29) is 23.6 Å². The average Bonchev–Trinajstić information content (AvgIpc) is 3.18. The Morgan fingerprint density at radius 3 is 2.71 bits per heavy atom. The molecule has 166 valence electrons. The van der Waals surface area contributed by atoms with Crippen molar-refractivity contribution in [1.29, 1.82) is 0 Å². The number of ether oxygens (including phenoxy) is 1. The number of amides is 1. The third-order valence-electron chi connectivity index (χ3n) is 5.30. The number of nitrogens with one attached hydrogen (secondary N) is 2. The number of halogens is 1. The van der Waals surface area contributed by atoms with Crippen LogP contribution in [0.1, 0.15) is 37.3 Å². The van der Waals surface area contributed by atoms with Crippen molar-refractivity contribution >= 4 is 11.9 Å². The molecule has 0 saturated carbocycles. The second kappa shape index (κ2) is 11.3. The van der Waals surface area contributed by atoms with Gasteiger partial charge in [-0.1, -0.05) is 43.3 Å². The molecule has 6 nitrogen and oxygen atoms in total. The summed E-state index contributed by atoms with van der Waals surface area (Å²) in [6, 6.07) is 14.6. The first-order valence-electron chi connectivity index (χ1n) is 10.8. The molecule has 0 aliphatic carbocycles. The summed E-state index contributed by atoms with van der Waals surface area (Å²) in [6.07, 6.45) is 2.15. The molecule has 0 spiro atoms. The van der Waals surface area contributed by atoms with E-state index in [1.807, 2.05) is 30.0 Å². The van der Waals surface area contributed by atoms with Crippen molar-refractivity contribution in [2.24, 2.45) is 4.99 Å². The summed E-state index contributed by atoms with van der Waals surface area (Å²) in [5.74, 6) is 0.776. The van der Waals surface area contributed by atoms with Crippen molar-refractivity contribution in [3.05, 3.63) is 65.5 Å². The Kier molecular flexibility index (Phi) is 8.27. The molecule has 0 aromatic heterocycles. The predicted molar refractivity (Wildman–Crippen MR) is 120 cm³/mol. The first-order chi connectivity index (χ1) is 15.1. The molecule has 3 rings (SSSR count). The molecule has 2 aromatic carbocycles. The molecule has 1 atom stereocenters. The van der Waals surface area contributed by atoms with E-state index in [1.54, 1.807) is 25.2 Å². The van der Waals surface area contributed by atoms with Crippen LogP contribution in [0.4, 0.5) is 4.39 Å². The van der Waals surface area contributed by atoms with E-state index >= 15 is 0 Å². The summed E-state index contributed by atoms with van der Waals surface area (Å²) in [4.78, 5) is 18.0. The number of aliphatic imine (C=N–C) groups is 1. The van der Waals surface area contributed by atoms with Gasteiger partial charge in [-0.25, -0.2) is 4.39 Å². The van der Waals surface area contributed by atoms with Gasteiger partial charge in [-0.2, -0.15) is 0 Å². The molecule has 7 heteroatoms. The molecule has 1 aliphatic rings. The van der Waals surface area contributed by atoms with Gasteiger partial charge in [-0.15, -0.1) is 0 Å². The Labute approximate surface area is 183 Å². The quantitative estimate of drug-likeness (QED) is 0.476. The molecule has 1 saturated heterocycles. The number of benzene rings is 2. The second-order valence-corrected chi connectivity index (χ2v) is 7.62. The van der Waals surface area contributed by atoms with E-state index in [0.717, 1.165) is 30.5 Å². The Morgan fingerprint density at radius 2 is 2.00 bits per heavy atom. The minimum Gasteiger partial charge on any atom is -0.486 e. The van der Waals surface area contributed by atoms with Gasteiger partial charge in [0.1, 0.15) is 6.10 Å². The molecule has 2 N–H and O–H groups in total. The van der Waals surface area contributed by atoms with Crippen molar-refractivity contribution in [3.63, 3.8) is 0 Å². The molecule has 31 heavy (non-hydrogen) atoms. The van der Waals surface area contributed by atoms with Gasteiger partial charge >= 0.3 is 0 Å². The van der Waals surface area contributed by atoms with Crippen LogP contribution in [0.2, 0.25) is 0 Å². The molecular weight excluding hydrogens is 395 g/mol. The lowest BCUT2D eigenvalue weighted by molar-refractivity contribution is -0.128. The second-order valence-electron chi connectivity index (χ2n) is 7.62. The van der Waals surface area contributed by atoms with Crippen LogP contribution in [0.25, 0.3) is 0 Å². The van der Waals surface area contributed by atoms with Crippen LogP contribution < -0.4 is 15.4 Å². The number of nitrogens with zero attached hydrogens (tertiary/aromatic N) is 2. The Balaban J connectivity index is 1.49. The Morgan fingerprint density at radius 1 is 1.19 bits per heavy atom. The lowest BCUT2D eigenvalue weighted by Crippen LogP contribution is -2.42. The van der Waals surface area contributed by atoms with Crippen molar-refractivity contribution in [3.8, 4) is 5.75 Å². The van der Waals surface area contributed by atoms with E-state index in [2.05, 4.69) is 21.7 Å². The monoisotopic (exact) mass is 426 g/mol. The van der Waals surface area contributed by atoms with Crippen LogP contribution in [0.3, 0.4) is 0 Å². The fraction of sp³-hybridized carbons (Fsp3) is 0.417. The summed E-state index contributed by atoms with van der Waals surface area (Å²) in [6.45, 7) is 4.60. The third-order valence-corrected chi connectivity index (χ3v) is 5.30. The number of likely N-dealkylation sites (tertiary alicyclic amines) is 1. The minimum absolute atomic E-state index is 0.184. The highest BCUT2D eigenvalue weighted by Gasteiger charge is 2.20. The summed E-state index contributed by atoms with van der Waals surface area (Å²) >= 11 is 0. The van der Waals surface area contributed by atoms with Crippen molar-refractivity contribution in [2.75, 3.05) is 20.1 Å². The van der Waals surface area contributed by atoms with E-state index in [9.17, 15) is 9.18 Å². The summed E-state index contributed by atoms with van der Waals surface area (Å²) < 4.78 is 19.6. The highest BCUT2D eigenvalue weighted by Crippen LogP contribution is 2.18. The van der Waals surface area contributed by atoms with Gasteiger partial charge in [0.2, 0.25) is 5.91 Å². The van der Waals surface area contributed by atoms with Gasteiger partial charge in [-0.3, -0.25) is 9.79 Å². The molecule has 2 aromatic rings. The number of guanidine groups is 1. The zero-order valence-corrected chi connectivity index (χ0v) is 18.2. The van der Waals surface area contributed by atoms with Crippen molar-refractivity contribution < 1.29 is 13.9 Å². The number of rotatable bonds is 9. The van der Waals surface area contributed by atoms with Gasteiger partial charge in [0.25, 0.3) is 0 Å². The largest absolute Gasteiger partial charge is 0.486 e. The van der Waals surface area contributed by atoms with Gasteiger partial charge in [0.15, 0.2) is 17.5 Å². The van der Waals surface area contributed by atoms with Crippen LogP contribution in [0.5, 0.6) is 5.75 Å². The number of hydrogen-bond donors (Lipinski definition) is 2. The fourth-order valence-corrected chi connectivity index (χ4v) is 3.54. The molecule has 1 aliphatic heterocycles. The van der Waals surface area contributed by atoms with Gasteiger partial charge in [0.05, 0.1) is 6.54 Å². The van der Waals surface area contributed by atoms with Gasteiger partial charge in [0, 0.05) is 33.1 Å². The first-order valence-corrected chi connectivity index (χ1v) is 10.8. The molecule has 1 amide bonds. The maximum Gasteiger partial charge on any atom is 0.222 e. The lowest BCUT2D eigenvalue weighted by atomic mass is 10.1. The van der Waals surface area contributed by atoms with Crippen LogP contribution in [-0.2, 0) is 17.9 Å². The predicted octanol–water partition coefficient (Wildman–Crippen LogP) is 3.47. The molecule has 0 radical (unpaired) electrons. The molecule has 1 fully saturated rings. The van der Waals surface area contributed by atoms with Crippen molar-refractivity contribution in [1.82, 2.24) is 15.5 Å². The standard InChI is InChI=1S/C24H31FN4O2/c1-3-20(31-22-11-5-4-10-21(22)25)16-28-24(26-2)27-15-18-8-6-9-19(14-18)17-29-13-7-12-23(29)30/h4-6,8-11,14,20H,3,7,12-13,15-17H2,1-2H3,(H2,26,27,28). The van der Waals surface area contributed by atoms with Crippen molar-refractivity contribution in [2.45, 2.75) is 45.4 Å². The fourth-order valence-electron chi connectivity index (χ4n) is 3.54. The van der Waals surface area contributed by atoms with Gasteiger partial charge < -0.3 is 20.3 Å². The van der Waals surface area contributed by atoms with Crippen LogP contribution >= 0.6 is 0 Å². The smallest absolute Gasteiger partial charge is 0.222 e. The topological polar surface area (TPSA) is 66.0 Å². The zero-order valence-electron chi connectivity index (χ0n) is 18.2. The number of hydrogen-bond acceptors (Lipinski definition) is 3. The number of carbonyl (C=O) groups excluding carboxylic acids is 1. The van der Waals surface area contributed by atoms with E-state index in [4.69, 9.17) is 4.74 Å². The maximum atomic E-state index is 13.8. The SMILES string of the molecule is CCC(CNC(=NC)NCc1cccc(CN2CCCC2=O)c1)Oc1ccccc1F. The number of carbonyl (C=O) groups is 1. The Bertz CT molecular complexity index is 903. The van der Waals surface area contributed by atoms with E-state index in [0.29, 0.717) is 32.0 Å². The number of para-hydroxylation sites is 1. The zero-order chi connectivity index (χ0) is 22.1. The normalized spacial score (nSPS) is 15.1. The highest BCUT2D eigenvalue weighted by molar-refractivity contribution is 5.79. The lowest BCUT2D eigenvalue weighted by Gasteiger charge is -2.20. The van der Waals surface area contributed by atoms with E-state index in [1.165, 1.54) is 6.07 Å². The molecular formula is C24H31FN4O2. The van der Waals surface area contributed by atoms with Crippen LogP contribution in [-0.4, -0.2) is 43.0 Å². The minimum atomic E-state index is -0.362. The third kappa shape index (κ3) is 6.70. The summed E-state index contributed by atoms with van der Waals surface area (Å²) in [5, 5.41) is 6.55. The average molecular weight is 427 g/mol. The molecule has 1 unspecified atom stereocenters. The van der Waals surface area contributed by atoms with Crippen LogP contribution in [0, 0.1) is 5.82 Å². The molecule has 0 bridgehead atoms. The Hall–Kier alpha value is -3.09. The van der Waals surface area contributed by atoms with Gasteiger partial charge in [-0.05, 0) is 36.1 Å². The highest BCUT2D eigenvalue weighted by atomic mass is 19.1. The summed E-state index contributed by atoms with van der Waals surface area (Å²) in [5.41, 5.74) is 2.24.